The second-order valence-corrected chi connectivity index (χ2v) is 10.3. The fraction of sp³-hybridized carbons (Fsp3) is 0.565. The van der Waals surface area contributed by atoms with Gasteiger partial charge in [-0.15, -0.1) is 0 Å². The summed E-state index contributed by atoms with van der Waals surface area (Å²) in [4.78, 5) is 52.3. The maximum Gasteiger partial charge on any atom is 0.410 e. The Balaban J connectivity index is 1.35. The highest BCUT2D eigenvalue weighted by atomic mass is 32.2. The summed E-state index contributed by atoms with van der Waals surface area (Å²) in [5.41, 5.74) is 6.21. The molecule has 1 atom stereocenters. The molecule has 2 N–H and O–H groups in total. The molecule has 2 aliphatic rings. The molecule has 0 radical (unpaired) electrons. The number of carbonyl (C=O) groups excluding carboxylic acids is 4. The van der Waals surface area contributed by atoms with Crippen LogP contribution < -0.4 is 15.8 Å². The summed E-state index contributed by atoms with van der Waals surface area (Å²) in [5.74, 6) is -0.482. The number of likely N-dealkylation sites (tertiary alicyclic amines) is 1. The number of hydrazine groups is 1. The number of nitrogens with one attached hydrogen (secondary N) is 2. The Labute approximate surface area is 198 Å². The van der Waals surface area contributed by atoms with E-state index in [4.69, 9.17) is 4.74 Å². The van der Waals surface area contributed by atoms with E-state index in [-0.39, 0.29) is 36.0 Å². The SMILES string of the molecule is CC(C)(C)OC(=O)N1CC[C@@H](CC(=O)NNC(=O)SCC(=O)N2CCCc3ccccc32)C1. The molecule has 33 heavy (non-hydrogen) atoms. The van der Waals surface area contributed by atoms with Crippen LogP contribution >= 0.6 is 11.8 Å². The zero-order chi connectivity index (χ0) is 24.0. The monoisotopic (exact) mass is 476 g/mol. The van der Waals surface area contributed by atoms with Crippen molar-refractivity contribution in [3.63, 3.8) is 0 Å². The highest BCUT2D eigenvalue weighted by molar-refractivity contribution is 8.14. The number of hydrogen-bond acceptors (Lipinski definition) is 6. The molecule has 4 amide bonds. The normalized spacial score (nSPS) is 17.8. The number of thioether (sulfide) groups is 1. The number of ether oxygens (including phenoxy) is 1. The fourth-order valence-corrected chi connectivity index (χ4v) is 4.49. The third kappa shape index (κ3) is 7.38. The molecule has 3 rings (SSSR count). The Morgan fingerprint density at radius 1 is 1.12 bits per heavy atom. The average molecular weight is 477 g/mol. The van der Waals surface area contributed by atoms with E-state index in [0.717, 1.165) is 35.9 Å². The van der Waals surface area contributed by atoms with Gasteiger partial charge in [0.25, 0.3) is 5.24 Å². The van der Waals surface area contributed by atoms with Gasteiger partial charge in [0.05, 0.1) is 5.75 Å². The van der Waals surface area contributed by atoms with E-state index in [9.17, 15) is 19.2 Å². The Morgan fingerprint density at radius 3 is 2.64 bits per heavy atom. The average Bonchev–Trinajstić information content (AvgIpc) is 3.23. The van der Waals surface area contributed by atoms with Gasteiger partial charge in [0, 0.05) is 31.7 Å². The van der Waals surface area contributed by atoms with Gasteiger partial charge in [-0.3, -0.25) is 25.2 Å². The number of benzene rings is 1. The Hall–Kier alpha value is -2.75. The molecule has 0 unspecified atom stereocenters. The molecule has 10 heteroatoms. The van der Waals surface area contributed by atoms with E-state index >= 15 is 0 Å². The summed E-state index contributed by atoms with van der Waals surface area (Å²) in [6.45, 7) is 7.05. The minimum Gasteiger partial charge on any atom is -0.444 e. The van der Waals surface area contributed by atoms with E-state index in [1.165, 1.54) is 0 Å². The van der Waals surface area contributed by atoms with Crippen molar-refractivity contribution >= 4 is 40.6 Å². The van der Waals surface area contributed by atoms with Gasteiger partial charge in [0.2, 0.25) is 11.8 Å². The van der Waals surface area contributed by atoms with E-state index in [0.29, 0.717) is 26.1 Å². The minimum atomic E-state index is -0.562. The zero-order valence-corrected chi connectivity index (χ0v) is 20.2. The lowest BCUT2D eigenvalue weighted by atomic mass is 10.0. The van der Waals surface area contributed by atoms with Crippen molar-refractivity contribution in [2.24, 2.45) is 5.92 Å². The van der Waals surface area contributed by atoms with Crippen molar-refractivity contribution < 1.29 is 23.9 Å². The van der Waals surface area contributed by atoms with Gasteiger partial charge in [0.15, 0.2) is 0 Å². The largest absolute Gasteiger partial charge is 0.444 e. The molecule has 0 saturated carbocycles. The highest BCUT2D eigenvalue weighted by Gasteiger charge is 2.31. The lowest BCUT2D eigenvalue weighted by molar-refractivity contribution is -0.122. The predicted octanol–water partition coefficient (Wildman–Crippen LogP) is 3.09. The van der Waals surface area contributed by atoms with Crippen LogP contribution in [0.5, 0.6) is 0 Å². The first-order valence-electron chi connectivity index (χ1n) is 11.2. The molecule has 0 aliphatic carbocycles. The number of carbonyl (C=O) groups is 4. The fourth-order valence-electron chi connectivity index (χ4n) is 3.96. The summed E-state index contributed by atoms with van der Waals surface area (Å²) >= 11 is 0.822. The maximum absolute atomic E-state index is 12.6. The minimum absolute atomic E-state index is 0.00261. The zero-order valence-electron chi connectivity index (χ0n) is 19.4. The topological polar surface area (TPSA) is 108 Å². The van der Waals surface area contributed by atoms with Crippen molar-refractivity contribution in [3.05, 3.63) is 29.8 Å². The molecule has 0 aromatic heterocycles. The van der Waals surface area contributed by atoms with Crippen LogP contribution in [-0.4, -0.2) is 59.0 Å². The molecule has 0 bridgehead atoms. The number of nitrogens with zero attached hydrogens (tertiary/aromatic N) is 2. The first-order chi connectivity index (χ1) is 15.6. The first kappa shape index (κ1) is 24.9. The molecular formula is C23H32N4O5S. The summed E-state index contributed by atoms with van der Waals surface area (Å²) in [7, 11) is 0. The lowest BCUT2D eigenvalue weighted by Crippen LogP contribution is -2.42. The van der Waals surface area contributed by atoms with Gasteiger partial charge in [-0.1, -0.05) is 30.0 Å². The summed E-state index contributed by atoms with van der Waals surface area (Å²) in [6, 6.07) is 7.79. The summed E-state index contributed by atoms with van der Waals surface area (Å²) < 4.78 is 5.36. The van der Waals surface area contributed by atoms with Crippen LogP contribution in [0, 0.1) is 5.92 Å². The Bertz CT molecular complexity index is 901. The van der Waals surface area contributed by atoms with Crippen molar-refractivity contribution in [1.82, 2.24) is 15.8 Å². The molecule has 9 nitrogen and oxygen atoms in total. The highest BCUT2D eigenvalue weighted by Crippen LogP contribution is 2.27. The lowest BCUT2D eigenvalue weighted by Gasteiger charge is -2.29. The Morgan fingerprint density at radius 2 is 1.88 bits per heavy atom. The summed E-state index contributed by atoms with van der Waals surface area (Å²) in [6.07, 6.45) is 2.34. The quantitative estimate of drug-likeness (QED) is 0.647. The molecule has 1 aromatic carbocycles. The molecule has 1 saturated heterocycles. The summed E-state index contributed by atoms with van der Waals surface area (Å²) in [5, 5.41) is -0.496. The van der Waals surface area contributed by atoms with Crippen LogP contribution in [0.4, 0.5) is 15.3 Å². The second-order valence-electron chi connectivity index (χ2n) is 9.31. The van der Waals surface area contributed by atoms with Gasteiger partial charge in [0.1, 0.15) is 5.60 Å². The van der Waals surface area contributed by atoms with Crippen molar-refractivity contribution in [2.45, 2.75) is 52.1 Å². The molecule has 2 aliphatic heterocycles. The van der Waals surface area contributed by atoms with Crippen LogP contribution in [-0.2, 0) is 20.7 Å². The molecule has 1 aromatic rings. The Kier molecular flexibility index (Phi) is 8.23. The van der Waals surface area contributed by atoms with Crippen molar-refractivity contribution in [3.8, 4) is 0 Å². The van der Waals surface area contributed by atoms with Crippen molar-refractivity contribution in [1.29, 1.82) is 0 Å². The van der Waals surface area contributed by atoms with E-state index in [1.807, 2.05) is 45.0 Å². The van der Waals surface area contributed by atoms with E-state index in [2.05, 4.69) is 10.9 Å². The maximum atomic E-state index is 12.6. The van der Waals surface area contributed by atoms with Gasteiger partial charge < -0.3 is 14.5 Å². The molecule has 0 spiro atoms. The smallest absolute Gasteiger partial charge is 0.410 e. The van der Waals surface area contributed by atoms with Crippen molar-refractivity contribution in [2.75, 3.05) is 30.3 Å². The third-order valence-electron chi connectivity index (χ3n) is 5.45. The van der Waals surface area contributed by atoms with E-state index in [1.54, 1.807) is 9.80 Å². The number of aryl methyl sites for hydroxylation is 1. The number of anilines is 1. The number of amides is 4. The van der Waals surface area contributed by atoms with Gasteiger partial charge in [-0.25, -0.2) is 4.79 Å². The van der Waals surface area contributed by atoms with Crippen LogP contribution in [0.25, 0.3) is 0 Å². The molecule has 2 heterocycles. The number of rotatable bonds is 4. The number of para-hydroxylation sites is 1. The van der Waals surface area contributed by atoms with Crippen LogP contribution in [0.15, 0.2) is 24.3 Å². The van der Waals surface area contributed by atoms with Crippen LogP contribution in [0.1, 0.15) is 45.6 Å². The first-order valence-corrected chi connectivity index (χ1v) is 12.2. The third-order valence-corrected chi connectivity index (χ3v) is 6.21. The molecule has 1 fully saturated rings. The number of hydrogen-bond donors (Lipinski definition) is 2. The van der Waals surface area contributed by atoms with Gasteiger partial charge in [-0.05, 0) is 57.6 Å². The van der Waals surface area contributed by atoms with Gasteiger partial charge in [-0.2, -0.15) is 0 Å². The van der Waals surface area contributed by atoms with Crippen LogP contribution in [0.3, 0.4) is 0 Å². The van der Waals surface area contributed by atoms with Gasteiger partial charge >= 0.3 is 6.09 Å². The molecule has 180 valence electrons. The predicted molar refractivity (Wildman–Crippen MR) is 127 cm³/mol. The van der Waals surface area contributed by atoms with E-state index < -0.39 is 10.8 Å². The number of fused-ring (bicyclic) bond motifs is 1. The second kappa shape index (κ2) is 10.9. The molecular weight excluding hydrogens is 444 g/mol. The standard InChI is InChI=1S/C23H32N4O5S/c1-23(2,3)32-22(31)26-12-10-16(14-26)13-19(28)24-25-21(30)33-15-20(29)27-11-6-8-17-7-4-5-9-18(17)27/h4-5,7,9,16H,6,8,10-15H2,1-3H3,(H,24,28)(H,25,30)/t16-/m0/s1. The van der Waals surface area contributed by atoms with Crippen LogP contribution in [0.2, 0.25) is 0 Å².